The standard InChI is InChI=1S/C13H19NO3S2/c1-3-11-10-6-8-18-12(10)5-7-14(11)13(15)9-19(16,17)4-2/h6,8,11H,3-5,7,9H2,1-2H3/t11-/m0/s1. The second-order valence-corrected chi connectivity index (χ2v) is 8.09. The van der Waals surface area contributed by atoms with Crippen molar-refractivity contribution in [3.8, 4) is 0 Å². The van der Waals surface area contributed by atoms with E-state index in [0.29, 0.717) is 6.54 Å². The molecular formula is C13H19NO3S2. The number of thiophene rings is 1. The average molecular weight is 301 g/mol. The van der Waals surface area contributed by atoms with Gasteiger partial charge < -0.3 is 4.90 Å². The van der Waals surface area contributed by atoms with Gasteiger partial charge in [0.05, 0.1) is 6.04 Å². The second kappa shape index (κ2) is 5.63. The first kappa shape index (κ1) is 14.5. The van der Waals surface area contributed by atoms with Crippen LogP contribution in [0.4, 0.5) is 0 Å². The van der Waals surface area contributed by atoms with Crippen LogP contribution in [0.25, 0.3) is 0 Å². The van der Waals surface area contributed by atoms with Gasteiger partial charge in [0, 0.05) is 17.2 Å². The fraction of sp³-hybridized carbons (Fsp3) is 0.615. The number of carbonyl (C=O) groups is 1. The number of sulfone groups is 1. The van der Waals surface area contributed by atoms with E-state index >= 15 is 0 Å². The van der Waals surface area contributed by atoms with Crippen LogP contribution in [0.1, 0.15) is 36.8 Å². The van der Waals surface area contributed by atoms with Crippen LogP contribution < -0.4 is 0 Å². The lowest BCUT2D eigenvalue weighted by Crippen LogP contribution is -2.42. The molecule has 1 aromatic heterocycles. The zero-order chi connectivity index (χ0) is 14.0. The smallest absolute Gasteiger partial charge is 0.238 e. The Hall–Kier alpha value is -0.880. The minimum Gasteiger partial charge on any atom is -0.334 e. The van der Waals surface area contributed by atoms with Gasteiger partial charge in [0.1, 0.15) is 5.75 Å². The summed E-state index contributed by atoms with van der Waals surface area (Å²) in [6.07, 6.45) is 1.66. The van der Waals surface area contributed by atoms with Gasteiger partial charge >= 0.3 is 0 Å². The Morgan fingerprint density at radius 2 is 2.21 bits per heavy atom. The molecule has 1 aliphatic heterocycles. The van der Waals surface area contributed by atoms with E-state index in [9.17, 15) is 13.2 Å². The van der Waals surface area contributed by atoms with Crippen LogP contribution >= 0.6 is 11.3 Å². The van der Waals surface area contributed by atoms with Gasteiger partial charge in [-0.25, -0.2) is 8.42 Å². The maximum absolute atomic E-state index is 12.2. The van der Waals surface area contributed by atoms with Crippen molar-refractivity contribution in [3.05, 3.63) is 21.9 Å². The van der Waals surface area contributed by atoms with Gasteiger partial charge in [0.25, 0.3) is 0 Å². The third kappa shape index (κ3) is 3.00. The van der Waals surface area contributed by atoms with Crippen LogP contribution in [0.5, 0.6) is 0 Å². The topological polar surface area (TPSA) is 54.5 Å². The minimum absolute atomic E-state index is 0.0209. The number of hydrogen-bond donors (Lipinski definition) is 0. The van der Waals surface area contributed by atoms with E-state index < -0.39 is 9.84 Å². The van der Waals surface area contributed by atoms with Gasteiger partial charge in [0.15, 0.2) is 9.84 Å². The Labute approximate surface area is 118 Å². The van der Waals surface area contributed by atoms with Gasteiger partial charge in [-0.15, -0.1) is 11.3 Å². The van der Waals surface area contributed by atoms with Crippen molar-refractivity contribution in [3.63, 3.8) is 0 Å². The first-order chi connectivity index (χ1) is 8.98. The highest BCUT2D eigenvalue weighted by molar-refractivity contribution is 7.92. The summed E-state index contributed by atoms with van der Waals surface area (Å²) in [7, 11) is -3.25. The molecule has 0 saturated carbocycles. The number of nitrogens with zero attached hydrogens (tertiary/aromatic N) is 1. The molecule has 0 aliphatic carbocycles. The highest BCUT2D eigenvalue weighted by atomic mass is 32.2. The lowest BCUT2D eigenvalue weighted by molar-refractivity contribution is -0.131. The van der Waals surface area contributed by atoms with E-state index in [-0.39, 0.29) is 23.5 Å². The molecule has 6 heteroatoms. The number of hydrogen-bond acceptors (Lipinski definition) is 4. The summed E-state index contributed by atoms with van der Waals surface area (Å²) in [6, 6.07) is 2.09. The molecule has 2 heterocycles. The summed E-state index contributed by atoms with van der Waals surface area (Å²) in [5.41, 5.74) is 1.20. The van der Waals surface area contributed by atoms with Crippen LogP contribution in [0.2, 0.25) is 0 Å². The van der Waals surface area contributed by atoms with Gasteiger partial charge in [0.2, 0.25) is 5.91 Å². The van der Waals surface area contributed by atoms with E-state index in [0.717, 1.165) is 12.8 Å². The average Bonchev–Trinajstić information content (AvgIpc) is 2.85. The van der Waals surface area contributed by atoms with Crippen molar-refractivity contribution in [1.82, 2.24) is 4.90 Å². The van der Waals surface area contributed by atoms with E-state index in [1.54, 1.807) is 23.2 Å². The Kier molecular flexibility index (Phi) is 4.30. The van der Waals surface area contributed by atoms with Crippen LogP contribution in [0.15, 0.2) is 11.4 Å². The fourth-order valence-electron chi connectivity index (χ4n) is 2.51. The van der Waals surface area contributed by atoms with Crippen molar-refractivity contribution in [2.45, 2.75) is 32.7 Å². The minimum atomic E-state index is -3.25. The predicted molar refractivity (Wildman–Crippen MR) is 77.1 cm³/mol. The van der Waals surface area contributed by atoms with Crippen LogP contribution in [-0.2, 0) is 21.1 Å². The van der Waals surface area contributed by atoms with E-state index in [1.807, 2.05) is 12.3 Å². The van der Waals surface area contributed by atoms with Crippen molar-refractivity contribution in [2.75, 3.05) is 18.1 Å². The van der Waals surface area contributed by atoms with Crippen molar-refractivity contribution >= 4 is 27.1 Å². The fourth-order valence-corrected chi connectivity index (χ4v) is 4.18. The SMILES string of the molecule is CC[C@H]1c2ccsc2CCN1C(=O)CS(=O)(=O)CC. The Bertz CT molecular complexity index is 562. The summed E-state index contributed by atoms with van der Waals surface area (Å²) in [6.45, 7) is 4.24. The molecule has 4 nitrogen and oxygen atoms in total. The van der Waals surface area contributed by atoms with Crippen molar-refractivity contribution in [2.24, 2.45) is 0 Å². The molecule has 0 unspecified atom stereocenters. The predicted octanol–water partition coefficient (Wildman–Crippen LogP) is 2.02. The number of amides is 1. The molecule has 1 amide bonds. The maximum atomic E-state index is 12.2. The highest BCUT2D eigenvalue weighted by Gasteiger charge is 2.31. The van der Waals surface area contributed by atoms with Crippen LogP contribution in [-0.4, -0.2) is 37.3 Å². The van der Waals surface area contributed by atoms with Gasteiger partial charge in [-0.05, 0) is 29.9 Å². The first-order valence-corrected chi connectivity index (χ1v) is 9.24. The Morgan fingerprint density at radius 1 is 1.47 bits per heavy atom. The third-order valence-corrected chi connectivity index (χ3v) is 6.15. The largest absolute Gasteiger partial charge is 0.334 e. The molecule has 0 radical (unpaired) electrons. The monoisotopic (exact) mass is 301 g/mol. The van der Waals surface area contributed by atoms with Gasteiger partial charge in [-0.2, -0.15) is 0 Å². The lowest BCUT2D eigenvalue weighted by atomic mass is 9.98. The molecular weight excluding hydrogens is 282 g/mol. The summed E-state index contributed by atoms with van der Waals surface area (Å²) >= 11 is 1.72. The molecule has 0 bridgehead atoms. The van der Waals surface area contributed by atoms with Crippen molar-refractivity contribution < 1.29 is 13.2 Å². The third-order valence-electron chi connectivity index (χ3n) is 3.59. The zero-order valence-corrected chi connectivity index (χ0v) is 12.9. The molecule has 106 valence electrons. The summed E-state index contributed by atoms with van der Waals surface area (Å²) in [5.74, 6) is -0.599. The molecule has 19 heavy (non-hydrogen) atoms. The number of fused-ring (bicyclic) bond motifs is 1. The Balaban J connectivity index is 2.20. The van der Waals surface area contributed by atoms with E-state index in [1.165, 1.54) is 10.4 Å². The molecule has 0 fully saturated rings. The van der Waals surface area contributed by atoms with Gasteiger partial charge in [-0.3, -0.25) is 4.79 Å². The van der Waals surface area contributed by atoms with E-state index in [2.05, 4.69) is 6.07 Å². The maximum Gasteiger partial charge on any atom is 0.238 e. The summed E-state index contributed by atoms with van der Waals surface area (Å²) in [5, 5.41) is 2.05. The van der Waals surface area contributed by atoms with Crippen LogP contribution in [0.3, 0.4) is 0 Å². The second-order valence-electron chi connectivity index (χ2n) is 4.74. The lowest BCUT2D eigenvalue weighted by Gasteiger charge is -2.35. The normalized spacial score (nSPS) is 19.3. The van der Waals surface area contributed by atoms with Gasteiger partial charge in [-0.1, -0.05) is 13.8 Å². The molecule has 0 spiro atoms. The van der Waals surface area contributed by atoms with Crippen LogP contribution in [0, 0.1) is 0 Å². The zero-order valence-electron chi connectivity index (χ0n) is 11.3. The van der Waals surface area contributed by atoms with Crippen molar-refractivity contribution in [1.29, 1.82) is 0 Å². The Morgan fingerprint density at radius 3 is 2.84 bits per heavy atom. The molecule has 1 aliphatic rings. The quantitative estimate of drug-likeness (QED) is 0.855. The molecule has 0 aromatic carbocycles. The molecule has 0 saturated heterocycles. The van der Waals surface area contributed by atoms with E-state index in [4.69, 9.17) is 0 Å². The first-order valence-electron chi connectivity index (χ1n) is 6.54. The molecule has 0 N–H and O–H groups in total. The molecule has 2 rings (SSSR count). The summed E-state index contributed by atoms with van der Waals surface area (Å²) < 4.78 is 23.2. The molecule has 1 atom stereocenters. The number of rotatable bonds is 4. The number of carbonyl (C=O) groups excluding carboxylic acids is 1. The molecule has 1 aromatic rings. The summed E-state index contributed by atoms with van der Waals surface area (Å²) in [4.78, 5) is 15.3. The highest BCUT2D eigenvalue weighted by Crippen LogP contribution is 2.35.